The molecule has 2 rings (SSSR count). The van der Waals surface area contributed by atoms with Gasteiger partial charge >= 0.3 is 0 Å². The smallest absolute Gasteiger partial charge is 0.0101 e. The Hall–Kier alpha value is -0.0400. The second kappa shape index (κ2) is 6.16. The van der Waals surface area contributed by atoms with Crippen molar-refractivity contribution in [3.8, 4) is 0 Å². The monoisotopic (exact) mass is 265 g/mol. The number of rotatable bonds is 3. The van der Waals surface area contributed by atoms with Crippen LogP contribution in [0, 0.1) is 29.1 Å². The number of hydrogen-bond donors (Lipinski definition) is 1. The van der Waals surface area contributed by atoms with Gasteiger partial charge in [0.1, 0.15) is 0 Å². The molecular weight excluding hydrogens is 230 g/mol. The van der Waals surface area contributed by atoms with E-state index in [1.807, 2.05) is 0 Å². The fraction of sp³-hybridized carbons (Fsp3) is 1.00. The molecule has 0 bridgehead atoms. The van der Waals surface area contributed by atoms with Gasteiger partial charge in [-0.05, 0) is 74.2 Å². The zero-order chi connectivity index (χ0) is 14.0. The molecule has 1 heterocycles. The Balaban J connectivity index is 1.87. The largest absolute Gasteiger partial charge is 0.314 e. The van der Waals surface area contributed by atoms with Crippen molar-refractivity contribution in [1.29, 1.82) is 0 Å². The summed E-state index contributed by atoms with van der Waals surface area (Å²) in [5.41, 5.74) is 0.524. The van der Waals surface area contributed by atoms with E-state index in [4.69, 9.17) is 0 Å². The van der Waals surface area contributed by atoms with Crippen LogP contribution in [-0.2, 0) is 0 Å². The predicted molar refractivity (Wildman–Crippen MR) is 84.3 cm³/mol. The Kier molecular flexibility index (Phi) is 4.98. The first-order valence-corrected chi connectivity index (χ1v) is 8.61. The standard InChI is InChI=1S/C18H35N/c1-13(2)12-17-16(10-11-19-17)14-6-8-15(9-7-14)18(3,4)5/h13-17,19H,6-12H2,1-5H3. The van der Waals surface area contributed by atoms with Gasteiger partial charge in [-0.3, -0.25) is 0 Å². The van der Waals surface area contributed by atoms with E-state index >= 15 is 0 Å². The molecule has 0 radical (unpaired) electrons. The molecule has 1 aliphatic carbocycles. The highest BCUT2D eigenvalue weighted by Crippen LogP contribution is 2.44. The van der Waals surface area contributed by atoms with Crippen molar-refractivity contribution in [1.82, 2.24) is 5.32 Å². The maximum absolute atomic E-state index is 3.78. The van der Waals surface area contributed by atoms with Crippen molar-refractivity contribution in [3.63, 3.8) is 0 Å². The highest BCUT2D eigenvalue weighted by molar-refractivity contribution is 4.91. The van der Waals surface area contributed by atoms with E-state index in [1.54, 1.807) is 0 Å². The lowest BCUT2D eigenvalue weighted by atomic mass is 9.66. The molecular formula is C18H35N. The molecule has 0 amide bonds. The molecule has 1 saturated carbocycles. The first-order valence-electron chi connectivity index (χ1n) is 8.61. The van der Waals surface area contributed by atoms with Crippen LogP contribution in [0.5, 0.6) is 0 Å². The zero-order valence-electron chi connectivity index (χ0n) is 13.8. The maximum Gasteiger partial charge on any atom is 0.0101 e. The van der Waals surface area contributed by atoms with Gasteiger partial charge in [0, 0.05) is 6.04 Å². The molecule has 1 N–H and O–H groups in total. The van der Waals surface area contributed by atoms with Gasteiger partial charge in [0.15, 0.2) is 0 Å². The summed E-state index contributed by atoms with van der Waals surface area (Å²) in [6.07, 6.45) is 8.73. The molecule has 1 nitrogen and oxygen atoms in total. The Bertz CT molecular complexity index is 268. The van der Waals surface area contributed by atoms with E-state index in [0.717, 1.165) is 29.7 Å². The maximum atomic E-state index is 3.78. The Labute approximate surface area is 120 Å². The van der Waals surface area contributed by atoms with E-state index < -0.39 is 0 Å². The third kappa shape index (κ3) is 3.97. The minimum atomic E-state index is 0.524. The second-order valence-corrected chi connectivity index (χ2v) is 8.62. The van der Waals surface area contributed by atoms with Crippen LogP contribution in [0.4, 0.5) is 0 Å². The van der Waals surface area contributed by atoms with Gasteiger partial charge in [-0.2, -0.15) is 0 Å². The summed E-state index contributed by atoms with van der Waals surface area (Å²) >= 11 is 0. The van der Waals surface area contributed by atoms with Crippen molar-refractivity contribution in [2.45, 2.75) is 79.2 Å². The van der Waals surface area contributed by atoms with Crippen LogP contribution in [0.15, 0.2) is 0 Å². The molecule has 112 valence electrons. The fourth-order valence-corrected chi connectivity index (χ4v) is 4.53. The van der Waals surface area contributed by atoms with Gasteiger partial charge in [0.25, 0.3) is 0 Å². The first-order chi connectivity index (χ1) is 8.88. The molecule has 2 fully saturated rings. The lowest BCUT2D eigenvalue weighted by Crippen LogP contribution is -2.35. The van der Waals surface area contributed by atoms with Gasteiger partial charge in [-0.1, -0.05) is 34.6 Å². The molecule has 0 spiro atoms. The lowest BCUT2D eigenvalue weighted by Gasteiger charge is -2.40. The second-order valence-electron chi connectivity index (χ2n) is 8.62. The Morgan fingerprint density at radius 3 is 2.16 bits per heavy atom. The van der Waals surface area contributed by atoms with Crippen LogP contribution in [0.1, 0.15) is 73.1 Å². The molecule has 0 aromatic carbocycles. The van der Waals surface area contributed by atoms with E-state index in [0.29, 0.717) is 5.41 Å². The van der Waals surface area contributed by atoms with E-state index in [-0.39, 0.29) is 0 Å². The predicted octanol–water partition coefficient (Wildman–Crippen LogP) is 4.86. The summed E-state index contributed by atoms with van der Waals surface area (Å²) in [7, 11) is 0. The molecule has 1 aliphatic heterocycles. The highest BCUT2D eigenvalue weighted by atomic mass is 15.0. The fourth-order valence-electron chi connectivity index (χ4n) is 4.53. The summed E-state index contributed by atoms with van der Waals surface area (Å²) in [4.78, 5) is 0. The van der Waals surface area contributed by atoms with Crippen molar-refractivity contribution >= 4 is 0 Å². The van der Waals surface area contributed by atoms with Crippen molar-refractivity contribution < 1.29 is 0 Å². The van der Waals surface area contributed by atoms with Gasteiger partial charge in [-0.25, -0.2) is 0 Å². The lowest BCUT2D eigenvalue weighted by molar-refractivity contribution is 0.116. The Morgan fingerprint density at radius 1 is 1.00 bits per heavy atom. The molecule has 1 heteroatoms. The van der Waals surface area contributed by atoms with E-state index in [2.05, 4.69) is 39.9 Å². The minimum Gasteiger partial charge on any atom is -0.314 e. The summed E-state index contributed by atoms with van der Waals surface area (Å²) < 4.78 is 0. The van der Waals surface area contributed by atoms with Gasteiger partial charge in [-0.15, -0.1) is 0 Å². The summed E-state index contributed by atoms with van der Waals surface area (Å²) in [6, 6.07) is 0.816. The van der Waals surface area contributed by atoms with Crippen LogP contribution in [0.2, 0.25) is 0 Å². The minimum absolute atomic E-state index is 0.524. The average molecular weight is 265 g/mol. The van der Waals surface area contributed by atoms with Crippen LogP contribution >= 0.6 is 0 Å². The van der Waals surface area contributed by atoms with Gasteiger partial charge in [0.05, 0.1) is 0 Å². The quantitative estimate of drug-likeness (QED) is 0.768. The molecule has 2 unspecified atom stereocenters. The van der Waals surface area contributed by atoms with E-state index in [1.165, 1.54) is 45.1 Å². The molecule has 2 atom stereocenters. The van der Waals surface area contributed by atoms with Crippen molar-refractivity contribution in [3.05, 3.63) is 0 Å². The van der Waals surface area contributed by atoms with Crippen LogP contribution in [0.3, 0.4) is 0 Å². The zero-order valence-corrected chi connectivity index (χ0v) is 13.8. The Morgan fingerprint density at radius 2 is 1.63 bits per heavy atom. The van der Waals surface area contributed by atoms with Crippen molar-refractivity contribution in [2.75, 3.05) is 6.54 Å². The number of nitrogens with one attached hydrogen (secondary N) is 1. The average Bonchev–Trinajstić information content (AvgIpc) is 2.75. The highest BCUT2D eigenvalue weighted by Gasteiger charge is 2.37. The van der Waals surface area contributed by atoms with Gasteiger partial charge < -0.3 is 5.32 Å². The third-order valence-corrected chi connectivity index (χ3v) is 5.73. The third-order valence-electron chi connectivity index (χ3n) is 5.73. The van der Waals surface area contributed by atoms with E-state index in [9.17, 15) is 0 Å². The normalized spacial score (nSPS) is 36.9. The first kappa shape index (κ1) is 15.4. The molecule has 0 aromatic rings. The molecule has 19 heavy (non-hydrogen) atoms. The summed E-state index contributed by atoms with van der Waals surface area (Å²) in [5.74, 6) is 3.78. The SMILES string of the molecule is CC(C)CC1NCCC1C1CCC(C(C)(C)C)CC1. The molecule has 0 aromatic heterocycles. The topological polar surface area (TPSA) is 12.0 Å². The summed E-state index contributed by atoms with van der Waals surface area (Å²) in [6.45, 7) is 13.3. The van der Waals surface area contributed by atoms with Crippen molar-refractivity contribution in [2.24, 2.45) is 29.1 Å². The molecule has 1 saturated heterocycles. The summed E-state index contributed by atoms with van der Waals surface area (Å²) in [5, 5.41) is 3.78. The van der Waals surface area contributed by atoms with Crippen LogP contribution < -0.4 is 5.32 Å². The van der Waals surface area contributed by atoms with Gasteiger partial charge in [0.2, 0.25) is 0 Å². The molecule has 2 aliphatic rings. The van der Waals surface area contributed by atoms with Crippen LogP contribution in [-0.4, -0.2) is 12.6 Å². The number of hydrogen-bond acceptors (Lipinski definition) is 1. The van der Waals surface area contributed by atoms with Crippen LogP contribution in [0.25, 0.3) is 0 Å².